The van der Waals surface area contributed by atoms with Crippen LogP contribution in [-0.2, 0) is 5.41 Å². The van der Waals surface area contributed by atoms with E-state index in [0.29, 0.717) is 5.41 Å². The molecule has 1 nitrogen and oxygen atoms in total. The molecule has 1 aliphatic rings. The predicted molar refractivity (Wildman–Crippen MR) is 62.9 cm³/mol. The number of nitrogens with one attached hydrogen (secondary N) is 1. The topological polar surface area (TPSA) is 12.0 Å². The zero-order chi connectivity index (χ0) is 10.0. The third kappa shape index (κ3) is 1.86. The maximum absolute atomic E-state index is 3.51. The lowest BCUT2D eigenvalue weighted by Crippen LogP contribution is -2.40. The number of hydrogen-bond acceptors (Lipinski definition) is 2. The summed E-state index contributed by atoms with van der Waals surface area (Å²) in [7, 11) is 0. The molecule has 2 heterocycles. The van der Waals surface area contributed by atoms with Gasteiger partial charge >= 0.3 is 0 Å². The van der Waals surface area contributed by atoms with E-state index in [1.54, 1.807) is 0 Å². The number of hydrogen-bond donors (Lipinski definition) is 1. The van der Waals surface area contributed by atoms with Crippen LogP contribution in [0.3, 0.4) is 0 Å². The normalized spacial score (nSPS) is 23.7. The first-order chi connectivity index (χ1) is 6.71. The van der Waals surface area contributed by atoms with Gasteiger partial charge in [-0.2, -0.15) is 0 Å². The van der Waals surface area contributed by atoms with E-state index in [1.165, 1.54) is 30.8 Å². The average molecular weight is 209 g/mol. The molecule has 1 saturated heterocycles. The Morgan fingerprint density at radius 1 is 1.50 bits per heavy atom. The van der Waals surface area contributed by atoms with Gasteiger partial charge in [0, 0.05) is 10.3 Å². The summed E-state index contributed by atoms with van der Waals surface area (Å²) >= 11 is 1.90. The van der Waals surface area contributed by atoms with E-state index < -0.39 is 0 Å². The first kappa shape index (κ1) is 10.2. The highest BCUT2D eigenvalue weighted by molar-refractivity contribution is 7.10. The monoisotopic (exact) mass is 209 g/mol. The molecule has 1 aromatic rings. The number of rotatable bonds is 2. The van der Waals surface area contributed by atoms with Gasteiger partial charge in [-0.05, 0) is 43.3 Å². The zero-order valence-corrected chi connectivity index (χ0v) is 9.86. The smallest absolute Gasteiger partial charge is 0.0105 e. The molecule has 78 valence electrons. The van der Waals surface area contributed by atoms with Crippen molar-refractivity contribution in [2.75, 3.05) is 13.1 Å². The van der Waals surface area contributed by atoms with Crippen LogP contribution in [0.25, 0.3) is 0 Å². The molecule has 0 radical (unpaired) electrons. The summed E-state index contributed by atoms with van der Waals surface area (Å²) in [5.74, 6) is 0.801. The van der Waals surface area contributed by atoms with E-state index >= 15 is 0 Å². The molecule has 1 aliphatic heterocycles. The van der Waals surface area contributed by atoms with Crippen molar-refractivity contribution in [3.63, 3.8) is 0 Å². The van der Waals surface area contributed by atoms with Gasteiger partial charge in [0.25, 0.3) is 0 Å². The molecule has 0 aromatic carbocycles. The molecular formula is C12H19NS. The number of piperidine rings is 1. The molecule has 1 atom stereocenters. The van der Waals surface area contributed by atoms with Gasteiger partial charge in [-0.25, -0.2) is 0 Å². The van der Waals surface area contributed by atoms with Crippen molar-refractivity contribution in [1.82, 2.24) is 5.32 Å². The van der Waals surface area contributed by atoms with Crippen molar-refractivity contribution in [2.24, 2.45) is 5.92 Å². The Morgan fingerprint density at radius 2 is 2.36 bits per heavy atom. The summed E-state index contributed by atoms with van der Waals surface area (Å²) < 4.78 is 0. The molecular weight excluding hydrogens is 190 g/mol. The Kier molecular flexibility index (Phi) is 2.93. The van der Waals surface area contributed by atoms with Crippen LogP contribution in [0.4, 0.5) is 0 Å². The van der Waals surface area contributed by atoms with E-state index in [-0.39, 0.29) is 0 Å². The van der Waals surface area contributed by atoms with Crippen molar-refractivity contribution in [3.8, 4) is 0 Å². The van der Waals surface area contributed by atoms with E-state index in [1.807, 2.05) is 11.3 Å². The molecule has 0 bridgehead atoms. The lowest BCUT2D eigenvalue weighted by molar-refractivity contribution is 0.255. The molecule has 2 heteroatoms. The quantitative estimate of drug-likeness (QED) is 0.789. The summed E-state index contributed by atoms with van der Waals surface area (Å²) in [6.07, 6.45) is 2.71. The SMILES string of the molecule is CC(C)(c1cccs1)C1CCCNC1. The maximum Gasteiger partial charge on any atom is 0.0105 e. The average Bonchev–Trinajstić information content (AvgIpc) is 2.72. The van der Waals surface area contributed by atoms with Crippen molar-refractivity contribution < 1.29 is 0 Å². The molecule has 1 fully saturated rings. The first-order valence-electron chi connectivity index (χ1n) is 5.46. The second-order valence-corrected chi connectivity index (χ2v) is 5.69. The van der Waals surface area contributed by atoms with Crippen molar-refractivity contribution in [1.29, 1.82) is 0 Å². The van der Waals surface area contributed by atoms with Crippen LogP contribution in [0.15, 0.2) is 17.5 Å². The molecule has 1 unspecified atom stereocenters. The molecule has 0 amide bonds. The minimum Gasteiger partial charge on any atom is -0.316 e. The fourth-order valence-electron chi connectivity index (χ4n) is 2.31. The third-order valence-electron chi connectivity index (χ3n) is 3.47. The van der Waals surface area contributed by atoms with Gasteiger partial charge in [0.15, 0.2) is 0 Å². The standard InChI is InChI=1S/C12H19NS/c1-12(2,11-6-4-8-14-11)10-5-3-7-13-9-10/h4,6,8,10,13H,3,5,7,9H2,1-2H3. The lowest BCUT2D eigenvalue weighted by atomic mass is 9.74. The first-order valence-corrected chi connectivity index (χ1v) is 6.34. The Hall–Kier alpha value is -0.340. The summed E-state index contributed by atoms with van der Waals surface area (Å²) in [5.41, 5.74) is 0.349. The molecule has 0 saturated carbocycles. The highest BCUT2D eigenvalue weighted by Crippen LogP contribution is 2.37. The van der Waals surface area contributed by atoms with Crippen molar-refractivity contribution in [2.45, 2.75) is 32.1 Å². The van der Waals surface area contributed by atoms with Gasteiger partial charge in [0.05, 0.1) is 0 Å². The maximum atomic E-state index is 3.51. The molecule has 2 rings (SSSR count). The fraction of sp³-hybridized carbons (Fsp3) is 0.667. The van der Waals surface area contributed by atoms with Crippen LogP contribution < -0.4 is 5.32 Å². The van der Waals surface area contributed by atoms with E-state index in [9.17, 15) is 0 Å². The highest BCUT2D eigenvalue weighted by Gasteiger charge is 2.32. The van der Waals surface area contributed by atoms with Crippen LogP contribution in [0, 0.1) is 5.92 Å². The van der Waals surface area contributed by atoms with Gasteiger partial charge in [-0.15, -0.1) is 11.3 Å². The Labute approximate surface area is 90.5 Å². The highest BCUT2D eigenvalue weighted by atomic mass is 32.1. The third-order valence-corrected chi connectivity index (χ3v) is 4.68. The number of thiophene rings is 1. The fourth-order valence-corrected chi connectivity index (χ4v) is 3.25. The van der Waals surface area contributed by atoms with Crippen LogP contribution >= 0.6 is 11.3 Å². The van der Waals surface area contributed by atoms with Gasteiger partial charge in [0.1, 0.15) is 0 Å². The summed E-state index contributed by atoms with van der Waals surface area (Å²) in [6, 6.07) is 4.44. The molecule has 1 N–H and O–H groups in total. The Balaban J connectivity index is 2.14. The molecule has 14 heavy (non-hydrogen) atoms. The second-order valence-electron chi connectivity index (χ2n) is 4.74. The van der Waals surface area contributed by atoms with Crippen LogP contribution in [0.5, 0.6) is 0 Å². The Bertz CT molecular complexity index is 271. The van der Waals surface area contributed by atoms with Crippen molar-refractivity contribution >= 4 is 11.3 Å². The van der Waals surface area contributed by atoms with Crippen LogP contribution in [-0.4, -0.2) is 13.1 Å². The van der Waals surface area contributed by atoms with Crippen LogP contribution in [0.1, 0.15) is 31.6 Å². The van der Waals surface area contributed by atoms with E-state index in [0.717, 1.165) is 5.92 Å². The lowest BCUT2D eigenvalue weighted by Gasteiger charge is -2.36. The molecule has 1 aromatic heterocycles. The molecule has 0 aliphatic carbocycles. The van der Waals surface area contributed by atoms with Crippen LogP contribution in [0.2, 0.25) is 0 Å². The Morgan fingerprint density at radius 3 is 2.93 bits per heavy atom. The van der Waals surface area contributed by atoms with Gasteiger partial charge in [0.2, 0.25) is 0 Å². The van der Waals surface area contributed by atoms with Gasteiger partial charge in [-0.3, -0.25) is 0 Å². The summed E-state index contributed by atoms with van der Waals surface area (Å²) in [5, 5.41) is 5.70. The predicted octanol–water partition coefficient (Wildman–Crippen LogP) is 3.03. The minimum atomic E-state index is 0.349. The summed E-state index contributed by atoms with van der Waals surface area (Å²) in [4.78, 5) is 1.53. The second kappa shape index (κ2) is 4.03. The summed E-state index contributed by atoms with van der Waals surface area (Å²) in [6.45, 7) is 7.16. The van der Waals surface area contributed by atoms with E-state index in [4.69, 9.17) is 0 Å². The zero-order valence-electron chi connectivity index (χ0n) is 9.05. The van der Waals surface area contributed by atoms with E-state index in [2.05, 4.69) is 36.7 Å². The minimum absolute atomic E-state index is 0.349. The van der Waals surface area contributed by atoms with Gasteiger partial charge in [-0.1, -0.05) is 19.9 Å². The van der Waals surface area contributed by atoms with Gasteiger partial charge < -0.3 is 5.32 Å². The largest absolute Gasteiger partial charge is 0.316 e. The molecule has 0 spiro atoms. The van der Waals surface area contributed by atoms with Crippen molar-refractivity contribution in [3.05, 3.63) is 22.4 Å².